The molecule has 0 N–H and O–H groups in total. The smallest absolute Gasteiger partial charge is 0.0578 e. The van der Waals surface area contributed by atoms with Crippen molar-refractivity contribution in [1.82, 2.24) is 0 Å². The van der Waals surface area contributed by atoms with Gasteiger partial charge in [-0.05, 0) is 8.10 Å². The predicted octanol–water partition coefficient (Wildman–Crippen LogP) is 5.91. The normalized spacial score (nSPS) is 13.1. The Morgan fingerprint density at radius 2 is 0.938 bits per heavy atom. The summed E-state index contributed by atoms with van der Waals surface area (Å²) in [7, 11) is -1.57. The molecule has 0 aliphatic heterocycles. The highest BCUT2D eigenvalue weighted by molar-refractivity contribution is 14.1. The van der Waals surface area contributed by atoms with Gasteiger partial charge in [-0.2, -0.15) is 0 Å². The number of halogens is 2. The lowest BCUT2D eigenvalue weighted by molar-refractivity contribution is 0.692. The van der Waals surface area contributed by atoms with Crippen LogP contribution < -0.4 is 0 Å². The highest BCUT2D eigenvalue weighted by atomic mass is 127. The molecule has 0 aromatic rings. The largest absolute Gasteiger partial charge is 0.0897 e. The Morgan fingerprint density at radius 3 is 1.19 bits per heavy atom. The summed E-state index contributed by atoms with van der Waals surface area (Å²) in [5.41, 5.74) is 0. The average molecular weight is 482 g/mol. The maximum absolute atomic E-state index is 2.58. The number of rotatable bonds is 9. The Hall–Kier alpha value is 1.89. The third-order valence-electron chi connectivity index (χ3n) is 3.18. The summed E-state index contributed by atoms with van der Waals surface area (Å²) >= 11 is 5.16. The second kappa shape index (κ2) is 8.90. The van der Waals surface area contributed by atoms with Crippen LogP contribution in [-0.2, 0) is 0 Å². The molecule has 0 radical (unpaired) electrons. The molecule has 16 heavy (non-hydrogen) atoms. The van der Waals surface area contributed by atoms with E-state index in [9.17, 15) is 0 Å². The van der Waals surface area contributed by atoms with Crippen molar-refractivity contribution in [2.24, 2.45) is 0 Å². The fraction of sp³-hybridized carbons (Fsp3) is 1.00. The van der Waals surface area contributed by atoms with Crippen LogP contribution in [0.2, 0.25) is 38.3 Å². The van der Waals surface area contributed by atoms with Gasteiger partial charge in [-0.25, -0.2) is 0 Å². The monoisotopic (exact) mass is 482 g/mol. The lowest BCUT2D eigenvalue weighted by Gasteiger charge is -2.20. The molecule has 0 saturated carbocycles. The van der Waals surface area contributed by atoms with E-state index in [2.05, 4.69) is 71.4 Å². The van der Waals surface area contributed by atoms with Gasteiger partial charge in [0.25, 0.3) is 0 Å². The van der Waals surface area contributed by atoms with Gasteiger partial charge in [-0.15, -0.1) is 0 Å². The van der Waals surface area contributed by atoms with Crippen molar-refractivity contribution in [3.63, 3.8) is 0 Å². The minimum Gasteiger partial charge on any atom is -0.0897 e. The van der Waals surface area contributed by atoms with Gasteiger partial charge < -0.3 is 0 Å². The molecule has 0 aromatic carbocycles. The van der Waals surface area contributed by atoms with Crippen LogP contribution in [0.5, 0.6) is 0 Å². The topological polar surface area (TPSA) is 0 Å². The first-order valence-electron chi connectivity index (χ1n) is 6.45. The third-order valence-corrected chi connectivity index (χ3v) is 20.4. The Labute approximate surface area is 132 Å². The van der Waals surface area contributed by atoms with Gasteiger partial charge >= 0.3 is 0 Å². The second-order valence-corrected chi connectivity index (χ2v) is 21.3. The highest BCUT2D eigenvalue weighted by Crippen LogP contribution is 2.20. The molecule has 0 aliphatic rings. The van der Waals surface area contributed by atoms with Crippen molar-refractivity contribution in [3.05, 3.63) is 0 Å². The molecule has 98 valence electrons. The van der Waals surface area contributed by atoms with E-state index in [0.717, 1.165) is 0 Å². The molecule has 0 atom stereocenters. The van der Waals surface area contributed by atoms with Crippen molar-refractivity contribution in [2.75, 3.05) is 8.10 Å². The van der Waals surface area contributed by atoms with Gasteiger partial charge in [0.05, 0.1) is 16.1 Å². The number of alkyl halides is 2. The summed E-state index contributed by atoms with van der Waals surface area (Å²) in [6.45, 7) is 10.1. The zero-order valence-corrected chi connectivity index (χ0v) is 17.7. The molecular weight excluding hydrogens is 454 g/mol. The van der Waals surface area contributed by atoms with E-state index in [0.29, 0.717) is 0 Å². The zero-order valence-electron chi connectivity index (χ0n) is 11.4. The first-order valence-corrected chi connectivity index (χ1v) is 16.3. The van der Waals surface area contributed by atoms with Crippen molar-refractivity contribution in [1.29, 1.82) is 0 Å². The van der Waals surface area contributed by atoms with Crippen LogP contribution in [0.4, 0.5) is 0 Å². The Bertz CT molecular complexity index is 162. The van der Waals surface area contributed by atoms with E-state index >= 15 is 0 Å². The Balaban J connectivity index is 3.42. The lowest BCUT2D eigenvalue weighted by Crippen LogP contribution is -2.28. The first-order chi connectivity index (χ1) is 7.33. The fourth-order valence-electron chi connectivity index (χ4n) is 1.69. The van der Waals surface area contributed by atoms with Gasteiger partial charge in [0.1, 0.15) is 0 Å². The number of hydrogen-bond donors (Lipinski definition) is 0. The van der Waals surface area contributed by atoms with E-state index in [1.807, 2.05) is 0 Å². The second-order valence-electron chi connectivity index (χ2n) is 6.51. The van der Waals surface area contributed by atoms with Gasteiger partial charge in [-0.1, -0.05) is 109 Å². The quantitative estimate of drug-likeness (QED) is 0.166. The Kier molecular flexibility index (Phi) is 9.96. The van der Waals surface area contributed by atoms with E-state index in [1.165, 1.54) is 33.8 Å². The van der Waals surface area contributed by atoms with Crippen LogP contribution in [0.25, 0.3) is 0 Å². The molecule has 0 unspecified atom stereocenters. The lowest BCUT2D eigenvalue weighted by atomic mass is 10.2. The molecular formula is C12H28I2Si2. The van der Waals surface area contributed by atoms with Crippen LogP contribution in [-0.4, -0.2) is 24.2 Å². The highest BCUT2D eigenvalue weighted by Gasteiger charge is 2.19. The minimum atomic E-state index is -0.787. The summed E-state index contributed by atoms with van der Waals surface area (Å²) in [6.07, 6.45) is 5.96. The van der Waals surface area contributed by atoms with Gasteiger partial charge in [0.15, 0.2) is 0 Å². The van der Waals surface area contributed by atoms with Crippen LogP contribution in [0.3, 0.4) is 0 Å². The van der Waals surface area contributed by atoms with E-state index in [-0.39, 0.29) is 0 Å². The zero-order chi connectivity index (χ0) is 12.7. The number of unbranched alkanes of at least 4 members (excludes halogenated alkanes) is 3. The molecule has 4 heteroatoms. The fourth-order valence-corrected chi connectivity index (χ4v) is 6.66. The average Bonchev–Trinajstić information content (AvgIpc) is 2.23. The first kappa shape index (κ1) is 17.9. The molecule has 0 saturated heterocycles. The third kappa shape index (κ3) is 9.88. The standard InChI is InChI=1S/C12H28I2Si2/c1-15(2,11-13)9-7-5-6-8-10-16(3,4)12-14/h5-12H2,1-4H3. The van der Waals surface area contributed by atoms with E-state index in [4.69, 9.17) is 0 Å². The van der Waals surface area contributed by atoms with Crippen LogP contribution in [0.1, 0.15) is 25.7 Å². The van der Waals surface area contributed by atoms with E-state index < -0.39 is 16.1 Å². The summed E-state index contributed by atoms with van der Waals surface area (Å²) < 4.78 is 2.86. The van der Waals surface area contributed by atoms with Crippen molar-refractivity contribution in [3.8, 4) is 0 Å². The van der Waals surface area contributed by atoms with Crippen molar-refractivity contribution >= 4 is 61.3 Å². The minimum absolute atomic E-state index is 0.787. The molecule has 0 amide bonds. The van der Waals surface area contributed by atoms with Crippen LogP contribution >= 0.6 is 45.2 Å². The molecule has 0 spiro atoms. The summed E-state index contributed by atoms with van der Waals surface area (Å²) in [5.74, 6) is 0. The van der Waals surface area contributed by atoms with Crippen molar-refractivity contribution < 1.29 is 0 Å². The van der Waals surface area contributed by atoms with Crippen molar-refractivity contribution in [2.45, 2.75) is 64.0 Å². The number of hydrogen-bond acceptors (Lipinski definition) is 0. The molecule has 0 aliphatic carbocycles. The van der Waals surface area contributed by atoms with E-state index in [1.54, 1.807) is 12.1 Å². The maximum Gasteiger partial charge on any atom is 0.0578 e. The summed E-state index contributed by atoms with van der Waals surface area (Å²) in [6, 6.07) is 3.09. The van der Waals surface area contributed by atoms with Crippen LogP contribution in [0.15, 0.2) is 0 Å². The molecule has 0 aromatic heterocycles. The maximum atomic E-state index is 2.58. The van der Waals surface area contributed by atoms with Crippen LogP contribution in [0, 0.1) is 0 Å². The van der Waals surface area contributed by atoms with Gasteiger partial charge in [0, 0.05) is 0 Å². The van der Waals surface area contributed by atoms with Gasteiger partial charge in [-0.3, -0.25) is 0 Å². The molecule has 0 fully saturated rings. The molecule has 0 rings (SSSR count). The van der Waals surface area contributed by atoms with Gasteiger partial charge in [0.2, 0.25) is 0 Å². The molecule has 0 bridgehead atoms. The SMILES string of the molecule is C[Si](C)(CI)CCCCCC[Si](C)(C)CI. The molecule has 0 heterocycles. The molecule has 0 nitrogen and oxygen atoms in total. The predicted molar refractivity (Wildman–Crippen MR) is 101 cm³/mol. The summed E-state index contributed by atoms with van der Waals surface area (Å²) in [5, 5.41) is 0. The Morgan fingerprint density at radius 1 is 0.625 bits per heavy atom. The summed E-state index contributed by atoms with van der Waals surface area (Å²) in [4.78, 5) is 0.